The summed E-state index contributed by atoms with van der Waals surface area (Å²) in [5.41, 5.74) is 3.33. The average Bonchev–Trinajstić information content (AvgIpc) is 2.97. The number of guanidine groups is 1. The first kappa shape index (κ1) is 22.1. The third-order valence-corrected chi connectivity index (χ3v) is 5.15. The van der Waals surface area contributed by atoms with Crippen molar-refractivity contribution in [2.45, 2.75) is 38.9 Å². The van der Waals surface area contributed by atoms with Crippen LogP contribution in [-0.2, 0) is 6.42 Å². The molecule has 0 unspecified atom stereocenters. The second kappa shape index (κ2) is 10.3. The molecule has 2 aromatic rings. The first-order valence-corrected chi connectivity index (χ1v) is 9.68. The van der Waals surface area contributed by atoms with Gasteiger partial charge in [0, 0.05) is 36.7 Å². The number of rotatable bonds is 7. The SMILES string of the molecule is CCNC(=NCC(C)(C)SC)NCCc1cn2cccc(C)c2n1.I. The van der Waals surface area contributed by atoms with Gasteiger partial charge in [0.25, 0.3) is 0 Å². The second-order valence-corrected chi connectivity index (χ2v) is 8.00. The van der Waals surface area contributed by atoms with E-state index in [-0.39, 0.29) is 28.7 Å². The van der Waals surface area contributed by atoms with E-state index < -0.39 is 0 Å². The summed E-state index contributed by atoms with van der Waals surface area (Å²) < 4.78 is 2.24. The summed E-state index contributed by atoms with van der Waals surface area (Å²) in [6, 6.07) is 4.14. The van der Waals surface area contributed by atoms with Crippen molar-refractivity contribution < 1.29 is 0 Å². The molecule has 0 amide bonds. The standard InChI is InChI=1S/C18H29N5S.HI/c1-6-19-17(21-13-18(3,4)24-5)20-10-9-15-12-23-11-7-8-14(2)16(23)22-15;/h7-8,11-12H,6,9-10,13H2,1-5H3,(H2,19,20,21);1H. The predicted molar refractivity (Wildman–Crippen MR) is 121 cm³/mol. The van der Waals surface area contributed by atoms with Crippen LogP contribution in [0.3, 0.4) is 0 Å². The Labute approximate surface area is 172 Å². The Bertz CT molecular complexity index is 696. The largest absolute Gasteiger partial charge is 0.357 e. The molecule has 0 saturated heterocycles. The van der Waals surface area contributed by atoms with E-state index >= 15 is 0 Å². The van der Waals surface area contributed by atoms with Gasteiger partial charge in [-0.3, -0.25) is 4.99 Å². The van der Waals surface area contributed by atoms with Gasteiger partial charge < -0.3 is 15.0 Å². The maximum Gasteiger partial charge on any atom is 0.191 e. The van der Waals surface area contributed by atoms with Crippen LogP contribution >= 0.6 is 35.7 Å². The van der Waals surface area contributed by atoms with Crippen molar-refractivity contribution in [3.8, 4) is 0 Å². The van der Waals surface area contributed by atoms with Crippen LogP contribution in [0.25, 0.3) is 5.65 Å². The lowest BCUT2D eigenvalue weighted by molar-refractivity contribution is 0.709. The van der Waals surface area contributed by atoms with Crippen molar-refractivity contribution in [3.05, 3.63) is 35.8 Å². The van der Waals surface area contributed by atoms with Gasteiger partial charge in [-0.1, -0.05) is 6.07 Å². The molecule has 0 spiro atoms. The van der Waals surface area contributed by atoms with Crippen LogP contribution in [0.15, 0.2) is 29.5 Å². The lowest BCUT2D eigenvalue weighted by atomic mass is 10.2. The molecule has 0 bridgehead atoms. The minimum absolute atomic E-state index is 0. The summed E-state index contributed by atoms with van der Waals surface area (Å²) >= 11 is 1.84. The third kappa shape index (κ3) is 6.69. The summed E-state index contributed by atoms with van der Waals surface area (Å²) in [6.07, 6.45) is 7.14. The van der Waals surface area contributed by atoms with Gasteiger partial charge in [0.15, 0.2) is 5.96 Å². The summed E-state index contributed by atoms with van der Waals surface area (Å²) in [7, 11) is 0. The number of hydrogen-bond donors (Lipinski definition) is 2. The number of halogens is 1. The Morgan fingerprint density at radius 2 is 2.12 bits per heavy atom. The lowest BCUT2D eigenvalue weighted by Crippen LogP contribution is -2.39. The van der Waals surface area contributed by atoms with Crippen LogP contribution in [0.5, 0.6) is 0 Å². The molecular weight excluding hydrogens is 445 g/mol. The summed E-state index contributed by atoms with van der Waals surface area (Å²) in [4.78, 5) is 9.40. The third-order valence-electron chi connectivity index (χ3n) is 3.92. The molecule has 25 heavy (non-hydrogen) atoms. The van der Waals surface area contributed by atoms with Crippen molar-refractivity contribution in [3.63, 3.8) is 0 Å². The lowest BCUT2D eigenvalue weighted by Gasteiger charge is -2.20. The molecule has 2 aromatic heterocycles. The molecule has 5 nitrogen and oxygen atoms in total. The number of nitrogens with zero attached hydrogens (tertiary/aromatic N) is 3. The average molecular weight is 475 g/mol. The first-order valence-electron chi connectivity index (χ1n) is 8.45. The molecule has 0 saturated carbocycles. The summed E-state index contributed by atoms with van der Waals surface area (Å²) in [5.74, 6) is 0.875. The fraction of sp³-hybridized carbons (Fsp3) is 0.556. The Balaban J connectivity index is 0.00000312. The van der Waals surface area contributed by atoms with E-state index in [4.69, 9.17) is 9.98 Å². The summed E-state index contributed by atoms with van der Waals surface area (Å²) in [5, 5.41) is 6.71. The number of thioether (sulfide) groups is 1. The molecule has 0 aromatic carbocycles. The summed E-state index contributed by atoms with van der Waals surface area (Å²) in [6.45, 7) is 11.1. The van der Waals surface area contributed by atoms with Gasteiger partial charge >= 0.3 is 0 Å². The minimum atomic E-state index is 0. The molecule has 0 aliphatic heterocycles. The monoisotopic (exact) mass is 475 g/mol. The normalized spacial score (nSPS) is 12.1. The Kier molecular flexibility index (Phi) is 9.06. The molecule has 2 N–H and O–H groups in total. The van der Waals surface area contributed by atoms with Crippen LogP contribution in [-0.4, -0.2) is 46.0 Å². The van der Waals surface area contributed by atoms with Crippen LogP contribution in [0, 0.1) is 6.92 Å². The molecule has 2 rings (SSSR count). The van der Waals surface area contributed by atoms with Gasteiger partial charge in [0.1, 0.15) is 5.65 Å². The number of pyridine rings is 1. The maximum absolute atomic E-state index is 4.71. The Hall–Kier alpha value is -0.960. The molecule has 0 aliphatic carbocycles. The quantitative estimate of drug-likeness (QED) is 0.366. The van der Waals surface area contributed by atoms with Crippen molar-refractivity contribution in [1.82, 2.24) is 20.0 Å². The zero-order valence-corrected chi connectivity index (χ0v) is 18.9. The molecular formula is C18H30IN5S. The Morgan fingerprint density at radius 1 is 1.36 bits per heavy atom. The van der Waals surface area contributed by atoms with E-state index in [2.05, 4.69) is 67.3 Å². The van der Waals surface area contributed by atoms with Gasteiger partial charge in [0.2, 0.25) is 0 Å². The number of aliphatic imine (C=N–C) groups is 1. The number of hydrogen-bond acceptors (Lipinski definition) is 3. The van der Waals surface area contributed by atoms with E-state index in [0.29, 0.717) is 0 Å². The van der Waals surface area contributed by atoms with E-state index in [0.717, 1.165) is 43.4 Å². The Morgan fingerprint density at radius 3 is 2.76 bits per heavy atom. The number of imidazole rings is 1. The number of aryl methyl sites for hydroxylation is 1. The van der Waals surface area contributed by atoms with Crippen LogP contribution in [0.2, 0.25) is 0 Å². The van der Waals surface area contributed by atoms with E-state index in [1.807, 2.05) is 18.0 Å². The first-order chi connectivity index (χ1) is 11.4. The van der Waals surface area contributed by atoms with Gasteiger partial charge in [0.05, 0.1) is 12.2 Å². The van der Waals surface area contributed by atoms with Gasteiger partial charge in [-0.2, -0.15) is 11.8 Å². The smallest absolute Gasteiger partial charge is 0.191 e. The molecule has 0 fully saturated rings. The highest BCUT2D eigenvalue weighted by molar-refractivity contribution is 14.0. The van der Waals surface area contributed by atoms with E-state index in [1.54, 1.807) is 0 Å². The number of nitrogens with one attached hydrogen (secondary N) is 2. The minimum Gasteiger partial charge on any atom is -0.357 e. The van der Waals surface area contributed by atoms with Gasteiger partial charge in [-0.25, -0.2) is 4.98 Å². The zero-order valence-electron chi connectivity index (χ0n) is 15.8. The van der Waals surface area contributed by atoms with Gasteiger partial charge in [-0.05, 0) is 45.6 Å². The zero-order chi connectivity index (χ0) is 17.6. The van der Waals surface area contributed by atoms with Crippen molar-refractivity contribution in [2.75, 3.05) is 25.9 Å². The fourth-order valence-corrected chi connectivity index (χ4v) is 2.50. The van der Waals surface area contributed by atoms with Crippen molar-refractivity contribution >= 4 is 47.3 Å². The molecule has 2 heterocycles. The fourth-order valence-electron chi connectivity index (χ4n) is 2.31. The van der Waals surface area contributed by atoms with Crippen LogP contribution < -0.4 is 10.6 Å². The highest BCUT2D eigenvalue weighted by Gasteiger charge is 2.15. The van der Waals surface area contributed by atoms with Crippen molar-refractivity contribution in [2.24, 2.45) is 4.99 Å². The van der Waals surface area contributed by atoms with Gasteiger partial charge in [-0.15, -0.1) is 24.0 Å². The topological polar surface area (TPSA) is 53.7 Å². The molecule has 0 atom stereocenters. The highest BCUT2D eigenvalue weighted by Crippen LogP contribution is 2.20. The van der Waals surface area contributed by atoms with Crippen LogP contribution in [0.1, 0.15) is 32.0 Å². The van der Waals surface area contributed by atoms with Crippen LogP contribution in [0.4, 0.5) is 0 Å². The maximum atomic E-state index is 4.71. The molecule has 7 heteroatoms. The second-order valence-electron chi connectivity index (χ2n) is 6.49. The van der Waals surface area contributed by atoms with E-state index in [1.165, 1.54) is 5.56 Å². The molecule has 140 valence electrons. The molecule has 0 radical (unpaired) electrons. The van der Waals surface area contributed by atoms with Crippen molar-refractivity contribution in [1.29, 1.82) is 0 Å². The predicted octanol–water partition coefficient (Wildman–Crippen LogP) is 3.50. The number of fused-ring (bicyclic) bond motifs is 1. The van der Waals surface area contributed by atoms with E-state index in [9.17, 15) is 0 Å². The highest BCUT2D eigenvalue weighted by atomic mass is 127. The number of aromatic nitrogens is 2. The molecule has 0 aliphatic rings.